The number of carbonyl (C=O) groups is 1. The highest BCUT2D eigenvalue weighted by molar-refractivity contribution is 6.03. The van der Waals surface area contributed by atoms with E-state index < -0.39 is 0 Å². The molecule has 1 N–H and O–H groups in total. The first-order chi connectivity index (χ1) is 12.6. The Balaban J connectivity index is 1.74. The molecule has 0 aliphatic carbocycles. The van der Waals surface area contributed by atoms with E-state index in [0.717, 1.165) is 37.2 Å². The maximum Gasteiger partial charge on any atom is 0.276 e. The molecule has 0 unspecified atom stereocenters. The molecule has 1 aliphatic heterocycles. The molecule has 0 bridgehead atoms. The smallest absolute Gasteiger partial charge is 0.276 e. The van der Waals surface area contributed by atoms with Crippen LogP contribution in [0, 0.1) is 6.92 Å². The SMILES string of the molecule is CCCCn1nc(C(=O)Nc2ccc(N3CCCC3)cc2C)ccc1=O. The lowest BCUT2D eigenvalue weighted by Crippen LogP contribution is -2.26. The van der Waals surface area contributed by atoms with Crippen LogP contribution >= 0.6 is 0 Å². The second-order valence-corrected chi connectivity index (χ2v) is 6.78. The zero-order valence-electron chi connectivity index (χ0n) is 15.5. The number of benzene rings is 1. The number of carbonyl (C=O) groups excluding carboxylic acids is 1. The second-order valence-electron chi connectivity index (χ2n) is 6.78. The van der Waals surface area contributed by atoms with E-state index in [4.69, 9.17) is 0 Å². The molecular formula is C20H26N4O2. The van der Waals surface area contributed by atoms with Crippen LogP contribution in [0.5, 0.6) is 0 Å². The van der Waals surface area contributed by atoms with Gasteiger partial charge in [0.2, 0.25) is 0 Å². The Bertz CT molecular complexity index is 838. The minimum absolute atomic E-state index is 0.179. The molecule has 1 saturated heterocycles. The summed E-state index contributed by atoms with van der Waals surface area (Å²) in [5.74, 6) is -0.299. The van der Waals surface area contributed by atoms with Crippen molar-refractivity contribution in [2.75, 3.05) is 23.3 Å². The summed E-state index contributed by atoms with van der Waals surface area (Å²) in [4.78, 5) is 26.7. The molecule has 0 spiro atoms. The standard InChI is InChI=1S/C20H26N4O2/c1-3-4-13-24-19(25)10-9-18(22-24)20(26)21-17-8-7-16(14-15(17)2)23-11-5-6-12-23/h7-10,14H,3-6,11-13H2,1-2H3,(H,21,26). The van der Waals surface area contributed by atoms with Crippen molar-refractivity contribution >= 4 is 17.3 Å². The van der Waals surface area contributed by atoms with E-state index in [1.807, 2.05) is 19.1 Å². The van der Waals surface area contributed by atoms with Crippen LogP contribution in [-0.4, -0.2) is 28.8 Å². The zero-order valence-corrected chi connectivity index (χ0v) is 15.5. The van der Waals surface area contributed by atoms with Crippen LogP contribution in [-0.2, 0) is 6.54 Å². The molecule has 6 heteroatoms. The number of nitrogens with one attached hydrogen (secondary N) is 1. The van der Waals surface area contributed by atoms with Crippen LogP contribution in [0.15, 0.2) is 35.1 Å². The highest BCUT2D eigenvalue weighted by Gasteiger charge is 2.15. The molecule has 3 rings (SSSR count). The summed E-state index contributed by atoms with van der Waals surface area (Å²) in [5, 5.41) is 7.11. The van der Waals surface area contributed by atoms with Gasteiger partial charge in [0.05, 0.1) is 0 Å². The number of hydrogen-bond donors (Lipinski definition) is 1. The highest BCUT2D eigenvalue weighted by atomic mass is 16.2. The number of unbranched alkanes of at least 4 members (excludes halogenated alkanes) is 1. The number of hydrogen-bond acceptors (Lipinski definition) is 4. The first kappa shape index (κ1) is 18.2. The normalized spacial score (nSPS) is 13.8. The van der Waals surface area contributed by atoms with E-state index in [1.54, 1.807) is 0 Å². The van der Waals surface area contributed by atoms with E-state index in [0.29, 0.717) is 6.54 Å². The van der Waals surface area contributed by atoms with Crippen LogP contribution in [0.3, 0.4) is 0 Å². The average Bonchev–Trinajstić information content (AvgIpc) is 3.17. The Hall–Kier alpha value is -2.63. The lowest BCUT2D eigenvalue weighted by atomic mass is 10.1. The predicted octanol–water partition coefficient (Wildman–Crippen LogP) is 3.20. The molecule has 0 saturated carbocycles. The monoisotopic (exact) mass is 354 g/mol. The summed E-state index contributed by atoms with van der Waals surface area (Å²) >= 11 is 0. The molecule has 1 fully saturated rings. The van der Waals surface area contributed by atoms with E-state index in [-0.39, 0.29) is 17.2 Å². The second kappa shape index (κ2) is 8.17. The topological polar surface area (TPSA) is 67.2 Å². The van der Waals surface area contributed by atoms with Crippen LogP contribution < -0.4 is 15.8 Å². The molecule has 1 amide bonds. The molecule has 0 radical (unpaired) electrons. The lowest BCUT2D eigenvalue weighted by molar-refractivity contribution is 0.101. The Morgan fingerprint density at radius 2 is 1.96 bits per heavy atom. The summed E-state index contributed by atoms with van der Waals surface area (Å²) < 4.78 is 1.36. The molecule has 138 valence electrons. The van der Waals surface area contributed by atoms with Crippen LogP contribution in [0.4, 0.5) is 11.4 Å². The minimum Gasteiger partial charge on any atom is -0.372 e. The number of amides is 1. The van der Waals surface area contributed by atoms with Gasteiger partial charge in [-0.05, 0) is 56.0 Å². The number of aromatic nitrogens is 2. The van der Waals surface area contributed by atoms with Crippen LogP contribution in [0.1, 0.15) is 48.7 Å². The maximum atomic E-state index is 12.5. The molecule has 2 heterocycles. The molecule has 1 aromatic carbocycles. The molecular weight excluding hydrogens is 328 g/mol. The van der Waals surface area contributed by atoms with Crippen molar-refractivity contribution in [2.24, 2.45) is 0 Å². The minimum atomic E-state index is -0.299. The fraction of sp³-hybridized carbons (Fsp3) is 0.450. The van der Waals surface area contributed by atoms with Crippen molar-refractivity contribution in [3.63, 3.8) is 0 Å². The number of nitrogens with zero attached hydrogens (tertiary/aromatic N) is 3. The number of aryl methyl sites for hydroxylation is 2. The third-order valence-electron chi connectivity index (χ3n) is 4.75. The summed E-state index contributed by atoms with van der Waals surface area (Å²) in [6.07, 6.45) is 4.29. The van der Waals surface area contributed by atoms with Crippen molar-refractivity contribution in [1.82, 2.24) is 9.78 Å². The third-order valence-corrected chi connectivity index (χ3v) is 4.75. The molecule has 0 atom stereocenters. The van der Waals surface area contributed by atoms with Crippen molar-refractivity contribution in [1.29, 1.82) is 0 Å². The van der Waals surface area contributed by atoms with Gasteiger partial charge in [-0.15, -0.1) is 0 Å². The Kier molecular flexibility index (Phi) is 5.71. The van der Waals surface area contributed by atoms with Gasteiger partial charge in [-0.3, -0.25) is 9.59 Å². The van der Waals surface area contributed by atoms with Crippen LogP contribution in [0.25, 0.3) is 0 Å². The Morgan fingerprint density at radius 1 is 1.19 bits per heavy atom. The summed E-state index contributed by atoms with van der Waals surface area (Å²) in [6.45, 7) is 6.75. The Labute approximate surface area is 153 Å². The van der Waals surface area contributed by atoms with Crippen molar-refractivity contribution in [2.45, 2.75) is 46.1 Å². The molecule has 1 aliphatic rings. The van der Waals surface area contributed by atoms with Gasteiger partial charge < -0.3 is 10.2 Å². The van der Waals surface area contributed by atoms with Gasteiger partial charge in [0.15, 0.2) is 0 Å². The van der Waals surface area contributed by atoms with E-state index in [2.05, 4.69) is 28.3 Å². The Morgan fingerprint density at radius 3 is 2.65 bits per heavy atom. The first-order valence-corrected chi connectivity index (χ1v) is 9.33. The molecule has 6 nitrogen and oxygen atoms in total. The van der Waals surface area contributed by atoms with Gasteiger partial charge in [-0.2, -0.15) is 5.10 Å². The maximum absolute atomic E-state index is 12.5. The first-order valence-electron chi connectivity index (χ1n) is 9.33. The van der Waals surface area contributed by atoms with Gasteiger partial charge >= 0.3 is 0 Å². The lowest BCUT2D eigenvalue weighted by Gasteiger charge is -2.19. The van der Waals surface area contributed by atoms with E-state index >= 15 is 0 Å². The summed E-state index contributed by atoms with van der Waals surface area (Å²) in [5.41, 5.74) is 3.06. The predicted molar refractivity (Wildman–Crippen MR) is 104 cm³/mol. The zero-order chi connectivity index (χ0) is 18.5. The summed E-state index contributed by atoms with van der Waals surface area (Å²) in [7, 11) is 0. The quantitative estimate of drug-likeness (QED) is 0.865. The largest absolute Gasteiger partial charge is 0.372 e. The van der Waals surface area contributed by atoms with Gasteiger partial charge in [-0.25, -0.2) is 4.68 Å². The van der Waals surface area contributed by atoms with Crippen molar-refractivity contribution in [3.05, 3.63) is 51.9 Å². The average molecular weight is 354 g/mol. The molecule has 2 aromatic rings. The fourth-order valence-electron chi connectivity index (χ4n) is 3.18. The van der Waals surface area contributed by atoms with E-state index in [9.17, 15) is 9.59 Å². The van der Waals surface area contributed by atoms with Crippen LogP contribution in [0.2, 0.25) is 0 Å². The summed E-state index contributed by atoms with van der Waals surface area (Å²) in [6, 6.07) is 8.98. The third kappa shape index (κ3) is 4.12. The highest BCUT2D eigenvalue weighted by Crippen LogP contribution is 2.25. The van der Waals surface area contributed by atoms with E-state index in [1.165, 1.54) is 35.3 Å². The number of anilines is 2. The van der Waals surface area contributed by atoms with Gasteiger partial charge in [0.25, 0.3) is 11.5 Å². The van der Waals surface area contributed by atoms with Crippen molar-refractivity contribution < 1.29 is 4.79 Å². The fourth-order valence-corrected chi connectivity index (χ4v) is 3.18. The molecule has 1 aromatic heterocycles. The van der Waals surface area contributed by atoms with Gasteiger partial charge in [0, 0.05) is 37.1 Å². The van der Waals surface area contributed by atoms with Crippen molar-refractivity contribution in [3.8, 4) is 0 Å². The van der Waals surface area contributed by atoms with Gasteiger partial charge in [-0.1, -0.05) is 13.3 Å². The molecule has 26 heavy (non-hydrogen) atoms. The van der Waals surface area contributed by atoms with Gasteiger partial charge in [0.1, 0.15) is 5.69 Å². The number of rotatable bonds is 6.